The van der Waals surface area contributed by atoms with E-state index in [0.29, 0.717) is 68.8 Å². The number of aliphatic hydroxyl groups is 9. The summed E-state index contributed by atoms with van der Waals surface area (Å²) in [7, 11) is 0. The molecule has 5 aliphatic carbocycles. The Labute approximate surface area is 536 Å². The van der Waals surface area contributed by atoms with Gasteiger partial charge >= 0.3 is 5.97 Å². The van der Waals surface area contributed by atoms with E-state index in [2.05, 4.69) is 51.3 Å². The van der Waals surface area contributed by atoms with Crippen LogP contribution in [0, 0.1) is 50.2 Å². The Bertz CT molecular complexity index is 3020. The maximum absolute atomic E-state index is 15.8. The largest absolute Gasteiger partial charge is 0.507 e. The molecule has 24 heteroatoms. The summed E-state index contributed by atoms with van der Waals surface area (Å²) in [5.74, 6) is -2.27. The second-order valence-electron chi connectivity index (χ2n) is 29.2. The van der Waals surface area contributed by atoms with Gasteiger partial charge in [-0.2, -0.15) is 0 Å². The van der Waals surface area contributed by atoms with Crippen molar-refractivity contribution in [3.05, 3.63) is 70.8 Å². The maximum Gasteiger partial charge on any atom is 0.317 e. The molecule has 2 aromatic rings. The van der Waals surface area contributed by atoms with Gasteiger partial charge in [-0.15, -0.1) is 0 Å². The molecule has 510 valence electrons. The molecule has 3 aliphatic heterocycles. The molecule has 3 saturated heterocycles. The first kappa shape index (κ1) is 69.8. The van der Waals surface area contributed by atoms with E-state index in [1.165, 1.54) is 13.0 Å². The minimum atomic E-state index is -1.99. The highest BCUT2D eigenvalue weighted by Crippen LogP contribution is 2.76. The normalized spacial score (nSPS) is 42.3. The lowest BCUT2D eigenvalue weighted by atomic mass is 9.33. The summed E-state index contributed by atoms with van der Waals surface area (Å²) in [6, 6.07) is 9.72. The molecule has 0 aromatic heterocycles. The Morgan fingerprint density at radius 3 is 2.16 bits per heavy atom. The van der Waals surface area contributed by atoms with Gasteiger partial charge in [-0.25, -0.2) is 0 Å². The summed E-state index contributed by atoms with van der Waals surface area (Å²) in [6.45, 7) is 13.5. The molecule has 8 aliphatic rings. The number of benzene rings is 2. The number of aldehydes is 2. The molecule has 2 aromatic carbocycles. The molecule has 0 bridgehead atoms. The van der Waals surface area contributed by atoms with Gasteiger partial charge < -0.3 is 99.7 Å². The van der Waals surface area contributed by atoms with Crippen LogP contribution < -0.4 is 15.4 Å². The predicted molar refractivity (Wildman–Crippen MR) is 326 cm³/mol. The Kier molecular flexibility index (Phi) is 20.7. The highest BCUT2D eigenvalue weighted by atomic mass is 16.8. The number of aliphatic hydroxyl groups excluding tert-OH is 9. The lowest BCUT2D eigenvalue weighted by Gasteiger charge is -2.71. The third-order valence-electron chi connectivity index (χ3n) is 23.4. The van der Waals surface area contributed by atoms with Crippen molar-refractivity contribution in [2.24, 2.45) is 50.2 Å². The number of esters is 1. The smallest absolute Gasteiger partial charge is 0.317 e. The quantitative estimate of drug-likeness (QED) is 0.0392. The monoisotopic (exact) mass is 1290 g/mol. The van der Waals surface area contributed by atoms with Crippen molar-refractivity contribution < 1.29 is 108 Å². The van der Waals surface area contributed by atoms with Crippen LogP contribution in [0.25, 0.3) is 0 Å². The van der Waals surface area contributed by atoms with E-state index in [-0.39, 0.29) is 78.0 Å². The number of carbonyl (C=O) groups is 5. The number of phenols is 1. The summed E-state index contributed by atoms with van der Waals surface area (Å²) in [5.41, 5.74) is -1.94. The number of fused-ring (bicyclic) bond motifs is 7. The second kappa shape index (κ2) is 27.2. The van der Waals surface area contributed by atoms with Gasteiger partial charge in [-0.05, 0) is 147 Å². The number of allylic oxidation sites excluding steroid dienone is 2. The van der Waals surface area contributed by atoms with Crippen LogP contribution in [0.15, 0.2) is 54.1 Å². The van der Waals surface area contributed by atoms with Crippen LogP contribution in [0.2, 0.25) is 0 Å². The van der Waals surface area contributed by atoms with E-state index in [1.54, 1.807) is 36.4 Å². The van der Waals surface area contributed by atoms with Gasteiger partial charge in [-0.1, -0.05) is 77.8 Å². The number of nitrogens with one attached hydrogen (secondary N) is 2. The number of aromatic hydroxyl groups is 1. The van der Waals surface area contributed by atoms with Crippen molar-refractivity contribution in [2.75, 3.05) is 19.8 Å². The minimum Gasteiger partial charge on any atom is -0.507 e. The van der Waals surface area contributed by atoms with Crippen LogP contribution in [-0.4, -0.2) is 199 Å². The van der Waals surface area contributed by atoms with Crippen LogP contribution in [0.1, 0.15) is 158 Å². The first-order valence-electron chi connectivity index (χ1n) is 32.8. The van der Waals surface area contributed by atoms with Gasteiger partial charge in [0.25, 0.3) is 5.91 Å². The van der Waals surface area contributed by atoms with Gasteiger partial charge in [0.05, 0.1) is 48.5 Å². The zero-order valence-corrected chi connectivity index (χ0v) is 53.6. The summed E-state index contributed by atoms with van der Waals surface area (Å²) < 4.78 is 42.3. The Morgan fingerprint density at radius 2 is 1.46 bits per heavy atom. The average Bonchev–Trinajstić information content (AvgIpc) is 0.673. The van der Waals surface area contributed by atoms with Crippen LogP contribution in [0.3, 0.4) is 0 Å². The van der Waals surface area contributed by atoms with Gasteiger partial charge in [-0.3, -0.25) is 19.2 Å². The molecular formula is C68H96N2O22. The summed E-state index contributed by atoms with van der Waals surface area (Å²) >= 11 is 0. The van der Waals surface area contributed by atoms with Gasteiger partial charge in [0, 0.05) is 18.5 Å². The fraction of sp³-hybridized carbons (Fsp3) is 0.721. The van der Waals surface area contributed by atoms with Crippen LogP contribution in [0.5, 0.6) is 11.5 Å². The van der Waals surface area contributed by atoms with Crippen LogP contribution in [0.4, 0.5) is 0 Å². The van der Waals surface area contributed by atoms with Crippen molar-refractivity contribution in [1.29, 1.82) is 0 Å². The average molecular weight is 1290 g/mol. The van der Waals surface area contributed by atoms with Crippen molar-refractivity contribution in [1.82, 2.24) is 10.6 Å². The Balaban J connectivity index is 0.840. The summed E-state index contributed by atoms with van der Waals surface area (Å²) in [6.07, 6.45) is -14.1. The number of carbonyl (C=O) groups excluding carboxylic acids is 5. The Morgan fingerprint density at radius 1 is 0.739 bits per heavy atom. The zero-order valence-electron chi connectivity index (χ0n) is 53.6. The third-order valence-corrected chi connectivity index (χ3v) is 23.4. The third kappa shape index (κ3) is 12.6. The number of phenolic OH excluding ortho intramolecular Hbond substituents is 1. The number of amides is 2. The van der Waals surface area contributed by atoms with Crippen LogP contribution in [-0.2, 0) is 49.4 Å². The van der Waals surface area contributed by atoms with E-state index in [0.717, 1.165) is 24.7 Å². The standard InChI is InChI=1S/C68H96N2O22/c1-35-56(90-59-54(82)51(79)42(75)33-87-59)53(81)55(83)60(88-35)91-57-52(80)50(70-49(78)14-9-8-10-27-69-58(84)37-17-15-36(16-18-37)32-86-43-13-11-12-41(74)38(43)30-71)44(31-72)89-61(57)92-62(85)68-26-25-63(2,3)28-40(68)39-19-20-46-64(4)23-22-47(76)65(5,34-73)45(64)21-24-66(46,6)67(39,7)29-48(68)77/h11-13,15-19,30,34-35,40,42,44-48,50-57,59-61,72,74-77,79-83H,8-10,14,20-29,31-33H2,1-7H3,(H,69,84)(H,70,78)/t35?,40?,42-,44?,45-,46?,47+,48+,50+,51?,52?,53?,54?,55?,56+,57?,59+,60+,61+,64?,65-,66+,67-,68-/m1/s1. The molecule has 92 heavy (non-hydrogen) atoms. The zero-order chi connectivity index (χ0) is 66.6. The summed E-state index contributed by atoms with van der Waals surface area (Å²) in [5, 5.41) is 118. The number of ether oxygens (including phenoxy) is 7. The predicted octanol–water partition coefficient (Wildman–Crippen LogP) is 3.17. The SMILES string of the molecule is CC1O[C@@H](OC2C(O)[C@@H](NC(=O)CCCCCNC(=O)c3ccc(COc4cccc(O)c4C=O)cc3)C(CO)O[C@H]2OC(=O)[C@]23CCC(C)(C)CC2C2=CCC4C5(C)CC[C@H](O)[C@](C)(C=O)[C@@H]5CC[C@]4(C)[C@]2(C)C[C@@H]3O)C(O)C(O)[C@H]1O[C@@H]1OC[C@@H](O)C(O)C1O. The highest BCUT2D eigenvalue weighted by Gasteiger charge is 2.72. The number of hydrogen-bond acceptors (Lipinski definition) is 22. The van der Waals surface area contributed by atoms with Gasteiger partial charge in [0.15, 0.2) is 25.0 Å². The second-order valence-corrected chi connectivity index (χ2v) is 29.2. The van der Waals surface area contributed by atoms with Crippen LogP contribution >= 0.6 is 0 Å². The molecule has 12 N–H and O–H groups in total. The lowest BCUT2D eigenvalue weighted by Crippen LogP contribution is -2.69. The van der Waals surface area contributed by atoms with Gasteiger partial charge in [0.1, 0.15) is 78.6 Å². The molecule has 4 saturated carbocycles. The number of unbranched alkanes of at least 4 members (excludes halogenated alkanes) is 2. The van der Waals surface area contributed by atoms with E-state index < -0.39 is 151 Å². The Hall–Kier alpha value is -5.03. The fourth-order valence-corrected chi connectivity index (χ4v) is 17.7. The number of hydrogen-bond donors (Lipinski definition) is 12. The first-order chi connectivity index (χ1) is 43.5. The van der Waals surface area contributed by atoms with E-state index >= 15 is 4.79 Å². The van der Waals surface area contributed by atoms with Crippen molar-refractivity contribution in [3.63, 3.8) is 0 Å². The molecule has 24 atom stereocenters. The van der Waals surface area contributed by atoms with E-state index in [4.69, 9.17) is 33.2 Å². The molecule has 11 unspecified atom stereocenters. The minimum absolute atomic E-state index is 0.0298. The van der Waals surface area contributed by atoms with E-state index in [1.807, 2.05) is 6.92 Å². The molecule has 2 amide bonds. The first-order valence-corrected chi connectivity index (χ1v) is 32.8. The molecule has 24 nitrogen and oxygen atoms in total. The summed E-state index contributed by atoms with van der Waals surface area (Å²) in [4.78, 5) is 66.9. The fourth-order valence-electron chi connectivity index (χ4n) is 17.7. The molecule has 3 heterocycles. The maximum atomic E-state index is 15.8. The molecule has 10 rings (SSSR count). The van der Waals surface area contributed by atoms with Crippen molar-refractivity contribution in [2.45, 2.75) is 237 Å². The molecule has 0 spiro atoms. The topological polar surface area (TPSA) is 376 Å². The molecule has 7 fully saturated rings. The molecule has 0 radical (unpaired) electrons. The lowest BCUT2D eigenvalue weighted by molar-refractivity contribution is -0.370. The number of rotatable bonds is 20. The van der Waals surface area contributed by atoms with Gasteiger partial charge in [0.2, 0.25) is 12.2 Å². The molecular weight excluding hydrogens is 1200 g/mol. The van der Waals surface area contributed by atoms with Crippen molar-refractivity contribution >= 4 is 30.4 Å². The van der Waals surface area contributed by atoms with Crippen molar-refractivity contribution in [3.8, 4) is 11.5 Å². The van der Waals surface area contributed by atoms with E-state index in [9.17, 15) is 70.2 Å². The highest BCUT2D eigenvalue weighted by molar-refractivity contribution is 5.94.